The van der Waals surface area contributed by atoms with Crippen molar-refractivity contribution in [1.29, 1.82) is 0 Å². The second-order valence-corrected chi connectivity index (χ2v) is 4.99. The lowest BCUT2D eigenvalue weighted by Gasteiger charge is -2.31. The molecule has 1 aromatic carbocycles. The summed E-state index contributed by atoms with van der Waals surface area (Å²) in [4.78, 5) is 0. The van der Waals surface area contributed by atoms with Crippen molar-refractivity contribution >= 4 is 22.0 Å². The third-order valence-corrected chi connectivity index (χ3v) is 3.67. The van der Waals surface area contributed by atoms with Crippen LogP contribution in [0.25, 0.3) is 6.08 Å². The van der Waals surface area contributed by atoms with Gasteiger partial charge in [0.2, 0.25) is 0 Å². The molecule has 15 heavy (non-hydrogen) atoms. The lowest BCUT2D eigenvalue weighted by atomic mass is 10.0. The Kier molecular flexibility index (Phi) is 2.61. The van der Waals surface area contributed by atoms with Crippen molar-refractivity contribution in [2.24, 2.45) is 0 Å². The fraction of sp³-hybridized carbons (Fsp3) is 0.333. The number of ether oxygens (including phenoxy) is 1. The van der Waals surface area contributed by atoms with E-state index in [-0.39, 0.29) is 12.2 Å². The van der Waals surface area contributed by atoms with Crippen LogP contribution in [-0.4, -0.2) is 10.7 Å². The Morgan fingerprint density at radius 3 is 2.80 bits per heavy atom. The number of rotatable bonds is 1. The zero-order valence-electron chi connectivity index (χ0n) is 8.75. The molecule has 0 saturated carbocycles. The van der Waals surface area contributed by atoms with Crippen LogP contribution in [0.1, 0.15) is 25.0 Å². The van der Waals surface area contributed by atoms with E-state index in [1.54, 1.807) is 0 Å². The normalized spacial score (nSPS) is 17.7. The van der Waals surface area contributed by atoms with E-state index in [0.29, 0.717) is 0 Å². The highest BCUT2D eigenvalue weighted by atomic mass is 79.9. The molecule has 0 bridgehead atoms. The number of hydrogen-bond donors (Lipinski definition) is 1. The van der Waals surface area contributed by atoms with Crippen LogP contribution in [-0.2, 0) is 6.61 Å². The molecular weight excluding hydrogens is 256 g/mol. The van der Waals surface area contributed by atoms with Crippen LogP contribution in [0.5, 0.6) is 5.75 Å². The number of fused-ring (bicyclic) bond motifs is 1. The van der Waals surface area contributed by atoms with Crippen LogP contribution in [0.3, 0.4) is 0 Å². The summed E-state index contributed by atoms with van der Waals surface area (Å²) in [5, 5.41) is 9.04. The molecule has 0 atom stereocenters. The average Bonchev–Trinajstić information content (AvgIpc) is 2.18. The van der Waals surface area contributed by atoms with Gasteiger partial charge in [0.15, 0.2) is 0 Å². The van der Waals surface area contributed by atoms with E-state index in [0.717, 1.165) is 21.4 Å². The minimum absolute atomic E-state index is 0.0436. The lowest BCUT2D eigenvalue weighted by molar-refractivity contribution is 0.155. The quantitative estimate of drug-likeness (QED) is 0.848. The molecule has 80 valence electrons. The van der Waals surface area contributed by atoms with Crippen LogP contribution < -0.4 is 4.74 Å². The fourth-order valence-corrected chi connectivity index (χ4v) is 1.85. The van der Waals surface area contributed by atoms with E-state index >= 15 is 0 Å². The van der Waals surface area contributed by atoms with Crippen molar-refractivity contribution in [2.75, 3.05) is 0 Å². The summed E-state index contributed by atoms with van der Waals surface area (Å²) in [6.07, 6.45) is 2.06. The molecule has 1 aliphatic heterocycles. The molecule has 1 aliphatic rings. The van der Waals surface area contributed by atoms with Gasteiger partial charge in [-0.25, -0.2) is 0 Å². The Bertz CT molecular complexity index is 422. The maximum absolute atomic E-state index is 9.04. The summed E-state index contributed by atoms with van der Waals surface area (Å²) in [6.45, 7) is 4.05. The van der Waals surface area contributed by atoms with Gasteiger partial charge >= 0.3 is 0 Å². The minimum atomic E-state index is -0.332. The van der Waals surface area contributed by atoms with Crippen molar-refractivity contribution in [3.63, 3.8) is 0 Å². The Labute approximate surface area is 97.7 Å². The highest BCUT2D eigenvalue weighted by Crippen LogP contribution is 2.38. The first-order valence-electron chi connectivity index (χ1n) is 4.83. The Balaban J connectivity index is 2.48. The van der Waals surface area contributed by atoms with Gasteiger partial charge in [0.1, 0.15) is 11.4 Å². The molecule has 0 amide bonds. The lowest BCUT2D eigenvalue weighted by Crippen LogP contribution is -2.30. The smallest absolute Gasteiger partial charge is 0.135 e. The Hall–Kier alpha value is -0.800. The molecule has 0 radical (unpaired) electrons. The van der Waals surface area contributed by atoms with E-state index in [9.17, 15) is 0 Å². The van der Waals surface area contributed by atoms with Gasteiger partial charge in [-0.1, -0.05) is 28.1 Å². The zero-order chi connectivity index (χ0) is 11.1. The summed E-state index contributed by atoms with van der Waals surface area (Å²) in [6, 6.07) is 5.74. The molecule has 0 aliphatic carbocycles. The number of halogens is 1. The summed E-state index contributed by atoms with van der Waals surface area (Å²) in [5.41, 5.74) is 1.58. The van der Waals surface area contributed by atoms with E-state index in [1.165, 1.54) is 0 Å². The molecular formula is C12H13BrO2. The van der Waals surface area contributed by atoms with Crippen LogP contribution in [0.15, 0.2) is 22.7 Å². The third kappa shape index (κ3) is 1.94. The molecule has 0 fully saturated rings. The number of hydrogen-bond acceptors (Lipinski definition) is 2. The second kappa shape index (κ2) is 3.65. The standard InChI is InChI=1S/C12H13BrO2/c1-12(2)11(13)6-9-4-3-8(7-14)5-10(9)15-12/h3-6,14H,7H2,1-2H3. The minimum Gasteiger partial charge on any atom is -0.482 e. The van der Waals surface area contributed by atoms with Gasteiger partial charge in [0.05, 0.1) is 6.61 Å². The van der Waals surface area contributed by atoms with E-state index in [1.807, 2.05) is 32.0 Å². The number of aliphatic hydroxyl groups excluding tert-OH is 1. The summed E-state index contributed by atoms with van der Waals surface area (Å²) >= 11 is 3.50. The van der Waals surface area contributed by atoms with E-state index < -0.39 is 0 Å². The first-order chi connectivity index (χ1) is 7.03. The summed E-state index contributed by atoms with van der Waals surface area (Å²) < 4.78 is 6.87. The Morgan fingerprint density at radius 2 is 2.13 bits per heavy atom. The van der Waals surface area contributed by atoms with Crippen molar-refractivity contribution in [3.05, 3.63) is 33.8 Å². The second-order valence-electron chi connectivity index (χ2n) is 4.13. The maximum Gasteiger partial charge on any atom is 0.135 e. The van der Waals surface area contributed by atoms with Gasteiger partial charge in [-0.05, 0) is 31.6 Å². The topological polar surface area (TPSA) is 29.5 Å². The highest BCUT2D eigenvalue weighted by molar-refractivity contribution is 9.11. The molecule has 0 spiro atoms. The van der Waals surface area contributed by atoms with Gasteiger partial charge in [-0.3, -0.25) is 0 Å². The van der Waals surface area contributed by atoms with Crippen molar-refractivity contribution < 1.29 is 9.84 Å². The van der Waals surface area contributed by atoms with Crippen LogP contribution >= 0.6 is 15.9 Å². The zero-order valence-corrected chi connectivity index (χ0v) is 10.3. The predicted octanol–water partition coefficient (Wildman–Crippen LogP) is 3.09. The molecule has 2 rings (SSSR count). The molecule has 1 heterocycles. The molecule has 2 nitrogen and oxygen atoms in total. The fourth-order valence-electron chi connectivity index (χ4n) is 1.52. The van der Waals surface area contributed by atoms with E-state index in [2.05, 4.69) is 22.0 Å². The maximum atomic E-state index is 9.04. The number of benzene rings is 1. The average molecular weight is 269 g/mol. The molecule has 3 heteroatoms. The van der Waals surface area contributed by atoms with Gasteiger partial charge in [-0.15, -0.1) is 0 Å². The van der Waals surface area contributed by atoms with Crippen molar-refractivity contribution in [1.82, 2.24) is 0 Å². The van der Waals surface area contributed by atoms with Crippen molar-refractivity contribution in [3.8, 4) is 5.75 Å². The molecule has 0 saturated heterocycles. The molecule has 1 N–H and O–H groups in total. The first-order valence-corrected chi connectivity index (χ1v) is 5.63. The molecule has 0 unspecified atom stereocenters. The molecule has 0 aromatic heterocycles. The van der Waals surface area contributed by atoms with Crippen LogP contribution in [0, 0.1) is 0 Å². The van der Waals surface area contributed by atoms with E-state index in [4.69, 9.17) is 9.84 Å². The monoisotopic (exact) mass is 268 g/mol. The Morgan fingerprint density at radius 1 is 1.40 bits per heavy atom. The summed E-state index contributed by atoms with van der Waals surface area (Å²) in [7, 11) is 0. The third-order valence-electron chi connectivity index (χ3n) is 2.48. The highest BCUT2D eigenvalue weighted by Gasteiger charge is 2.28. The molecule has 1 aromatic rings. The SMILES string of the molecule is CC1(C)Oc2cc(CO)ccc2C=C1Br. The van der Waals surface area contributed by atoms with Gasteiger partial charge in [0.25, 0.3) is 0 Å². The largest absolute Gasteiger partial charge is 0.482 e. The van der Waals surface area contributed by atoms with Crippen LogP contribution in [0.4, 0.5) is 0 Å². The first kappa shape index (κ1) is 10.7. The predicted molar refractivity (Wildman–Crippen MR) is 64.0 cm³/mol. The number of aliphatic hydroxyl groups is 1. The van der Waals surface area contributed by atoms with Crippen LogP contribution in [0.2, 0.25) is 0 Å². The van der Waals surface area contributed by atoms with Crippen molar-refractivity contribution in [2.45, 2.75) is 26.1 Å². The van der Waals surface area contributed by atoms with Gasteiger partial charge < -0.3 is 9.84 Å². The van der Waals surface area contributed by atoms with Gasteiger partial charge in [0, 0.05) is 10.0 Å². The summed E-state index contributed by atoms with van der Waals surface area (Å²) in [5.74, 6) is 0.828. The van der Waals surface area contributed by atoms with Gasteiger partial charge in [-0.2, -0.15) is 0 Å².